The quantitative estimate of drug-likeness (QED) is 0.651. The molecule has 0 spiro atoms. The second kappa shape index (κ2) is 7.38. The Bertz CT molecular complexity index is 939. The van der Waals surface area contributed by atoms with Crippen molar-refractivity contribution in [3.63, 3.8) is 0 Å². The van der Waals surface area contributed by atoms with E-state index in [1.54, 1.807) is 42.5 Å². The summed E-state index contributed by atoms with van der Waals surface area (Å²) in [7, 11) is 0. The maximum absolute atomic E-state index is 12.0. The molecule has 0 radical (unpaired) electrons. The highest BCUT2D eigenvalue weighted by Gasteiger charge is 2.09. The summed E-state index contributed by atoms with van der Waals surface area (Å²) in [5.41, 5.74) is 7.48. The van der Waals surface area contributed by atoms with Gasteiger partial charge in [-0.2, -0.15) is 4.98 Å². The minimum absolute atomic E-state index is 0.00604. The molecule has 0 saturated carbocycles. The van der Waals surface area contributed by atoms with E-state index in [4.69, 9.17) is 22.1 Å². The molecule has 7 heteroatoms. The summed E-state index contributed by atoms with van der Waals surface area (Å²) in [6.07, 6.45) is 0. The Morgan fingerprint density at radius 1 is 1.12 bits per heavy atom. The summed E-state index contributed by atoms with van der Waals surface area (Å²) >= 11 is 5.90. The highest BCUT2D eigenvalue weighted by molar-refractivity contribution is 6.30. The number of phenolic OH excluding ortho intramolecular Hbond substituents is 1. The molecule has 0 bridgehead atoms. The third-order valence-electron chi connectivity index (χ3n) is 3.53. The van der Waals surface area contributed by atoms with Crippen LogP contribution < -0.4 is 16.2 Å². The van der Waals surface area contributed by atoms with Gasteiger partial charge in [0.25, 0.3) is 0 Å². The van der Waals surface area contributed by atoms with Crippen molar-refractivity contribution < 1.29 is 9.84 Å². The molecule has 0 atom stereocenters. The Morgan fingerprint density at radius 3 is 2.56 bits per heavy atom. The lowest BCUT2D eigenvalue weighted by molar-refractivity contribution is 0.309. The Kier molecular flexibility index (Phi) is 5.02. The average Bonchev–Trinajstić information content (AvgIpc) is 2.61. The highest BCUT2D eigenvalue weighted by Crippen LogP contribution is 2.31. The molecule has 6 nitrogen and oxygen atoms in total. The monoisotopic (exact) mass is 357 g/mol. The summed E-state index contributed by atoms with van der Waals surface area (Å²) in [4.78, 5) is 18.6. The number of nitrogens with zero attached hydrogens (tertiary/aromatic N) is 1. The lowest BCUT2D eigenvalue weighted by atomic mass is 10.1. The number of nitrogens with one attached hydrogen (secondary N) is 1. The number of benzene rings is 2. The molecule has 128 valence electrons. The maximum atomic E-state index is 12.0. The van der Waals surface area contributed by atoms with Crippen molar-refractivity contribution >= 4 is 11.6 Å². The van der Waals surface area contributed by atoms with Gasteiger partial charge in [-0.3, -0.25) is 0 Å². The number of hydrogen-bond donors (Lipinski definition) is 3. The average molecular weight is 358 g/mol. The third-order valence-corrected chi connectivity index (χ3v) is 3.78. The van der Waals surface area contributed by atoms with E-state index >= 15 is 0 Å². The number of H-pyrrole nitrogens is 1. The molecule has 0 amide bonds. The van der Waals surface area contributed by atoms with Gasteiger partial charge in [0.05, 0.1) is 11.4 Å². The molecule has 3 rings (SSSR count). The fraction of sp³-hybridized carbons (Fsp3) is 0.111. The van der Waals surface area contributed by atoms with Gasteiger partial charge in [-0.25, -0.2) is 4.79 Å². The van der Waals surface area contributed by atoms with Gasteiger partial charge in [-0.1, -0.05) is 23.7 Å². The number of nitrogens with two attached hydrogens (primary N) is 1. The first-order valence-electron chi connectivity index (χ1n) is 7.60. The van der Waals surface area contributed by atoms with Crippen molar-refractivity contribution in [1.29, 1.82) is 0 Å². The number of halogens is 1. The fourth-order valence-electron chi connectivity index (χ4n) is 2.35. The lowest BCUT2D eigenvalue weighted by Gasteiger charge is -2.10. The molecule has 0 aliphatic carbocycles. The van der Waals surface area contributed by atoms with E-state index in [2.05, 4.69) is 9.97 Å². The Hall–Kier alpha value is -2.83. The minimum atomic E-state index is -0.472. The fourth-order valence-corrected chi connectivity index (χ4v) is 2.47. The predicted molar refractivity (Wildman–Crippen MR) is 97.0 cm³/mol. The Labute approximate surface area is 148 Å². The first-order chi connectivity index (χ1) is 12.1. The molecular weight excluding hydrogens is 342 g/mol. The van der Waals surface area contributed by atoms with Crippen molar-refractivity contribution in [2.24, 2.45) is 5.73 Å². The van der Waals surface area contributed by atoms with Crippen molar-refractivity contribution in [1.82, 2.24) is 9.97 Å². The lowest BCUT2D eigenvalue weighted by Crippen LogP contribution is -2.12. The molecule has 0 unspecified atom stereocenters. The SMILES string of the molecule is NCCOc1cc(-c2cc(-c3ccc(Cl)cc3)nc(=O)[nH]2)ccc1O. The van der Waals surface area contributed by atoms with E-state index in [9.17, 15) is 9.90 Å². The number of ether oxygens (including phenoxy) is 1. The van der Waals surface area contributed by atoms with Crippen molar-refractivity contribution in [3.05, 3.63) is 64.0 Å². The zero-order valence-electron chi connectivity index (χ0n) is 13.2. The van der Waals surface area contributed by atoms with Crippen LogP contribution in [0.25, 0.3) is 22.5 Å². The van der Waals surface area contributed by atoms with E-state index in [0.29, 0.717) is 34.3 Å². The molecule has 25 heavy (non-hydrogen) atoms. The second-order valence-corrected chi connectivity index (χ2v) is 5.75. The van der Waals surface area contributed by atoms with Gasteiger partial charge in [0.2, 0.25) is 0 Å². The van der Waals surface area contributed by atoms with Crippen LogP contribution in [-0.4, -0.2) is 28.2 Å². The standard InChI is InChI=1S/C18H16ClN3O3/c19-13-4-1-11(2-5-13)14-10-15(22-18(24)21-14)12-3-6-16(23)17(9-12)25-8-7-20/h1-6,9-10,23H,7-8,20H2,(H,21,22,24). The van der Waals surface area contributed by atoms with Crippen LogP contribution in [0.3, 0.4) is 0 Å². The molecule has 0 aliphatic heterocycles. The first kappa shape index (κ1) is 17.0. The smallest absolute Gasteiger partial charge is 0.345 e. The van der Waals surface area contributed by atoms with Gasteiger partial charge in [-0.05, 0) is 36.4 Å². The molecule has 1 heterocycles. The summed E-state index contributed by atoms with van der Waals surface area (Å²) in [5.74, 6) is 0.306. The maximum Gasteiger partial charge on any atom is 0.345 e. The van der Waals surface area contributed by atoms with Gasteiger partial charge >= 0.3 is 5.69 Å². The molecule has 4 N–H and O–H groups in total. The normalized spacial score (nSPS) is 10.6. The number of aromatic amines is 1. The number of hydrogen-bond acceptors (Lipinski definition) is 5. The van der Waals surface area contributed by atoms with Crippen molar-refractivity contribution in [3.8, 4) is 34.0 Å². The summed E-state index contributed by atoms with van der Waals surface area (Å²) in [6.45, 7) is 0.608. The van der Waals surface area contributed by atoms with Gasteiger partial charge in [0.15, 0.2) is 11.5 Å². The first-order valence-corrected chi connectivity index (χ1v) is 7.98. The van der Waals surface area contributed by atoms with Crippen LogP contribution in [-0.2, 0) is 0 Å². The van der Waals surface area contributed by atoms with Crippen LogP contribution >= 0.6 is 11.6 Å². The molecular formula is C18H16ClN3O3. The number of phenols is 1. The van der Waals surface area contributed by atoms with Crippen molar-refractivity contribution in [2.75, 3.05) is 13.2 Å². The minimum Gasteiger partial charge on any atom is -0.504 e. The van der Waals surface area contributed by atoms with Crippen LogP contribution in [0.4, 0.5) is 0 Å². The topological polar surface area (TPSA) is 101 Å². The van der Waals surface area contributed by atoms with Crippen LogP contribution in [0, 0.1) is 0 Å². The summed E-state index contributed by atoms with van der Waals surface area (Å²) in [5, 5.41) is 10.5. The number of aromatic nitrogens is 2. The van der Waals surface area contributed by atoms with Crippen molar-refractivity contribution in [2.45, 2.75) is 0 Å². The number of aromatic hydroxyl groups is 1. The van der Waals surface area contributed by atoms with Gasteiger partial charge in [0.1, 0.15) is 6.61 Å². The highest BCUT2D eigenvalue weighted by atomic mass is 35.5. The van der Waals surface area contributed by atoms with E-state index < -0.39 is 5.69 Å². The molecule has 1 aromatic heterocycles. The predicted octanol–water partition coefficient (Wildman–Crippen LogP) is 2.80. The van der Waals surface area contributed by atoms with Gasteiger partial charge < -0.3 is 20.6 Å². The van der Waals surface area contributed by atoms with E-state index in [1.807, 2.05) is 0 Å². The zero-order chi connectivity index (χ0) is 17.8. The second-order valence-electron chi connectivity index (χ2n) is 5.31. The van der Waals surface area contributed by atoms with E-state index in [0.717, 1.165) is 5.56 Å². The Morgan fingerprint density at radius 2 is 1.84 bits per heavy atom. The van der Waals surface area contributed by atoms with Crippen LogP contribution in [0.5, 0.6) is 11.5 Å². The van der Waals surface area contributed by atoms with E-state index in [-0.39, 0.29) is 12.4 Å². The molecule has 2 aromatic carbocycles. The van der Waals surface area contributed by atoms with Gasteiger partial charge in [-0.15, -0.1) is 0 Å². The van der Waals surface area contributed by atoms with Crippen LogP contribution in [0.15, 0.2) is 53.3 Å². The zero-order valence-corrected chi connectivity index (χ0v) is 14.0. The van der Waals surface area contributed by atoms with E-state index in [1.165, 1.54) is 6.07 Å². The molecule has 3 aromatic rings. The van der Waals surface area contributed by atoms with Gasteiger partial charge in [0, 0.05) is 22.7 Å². The molecule has 0 saturated heterocycles. The summed E-state index contributed by atoms with van der Waals surface area (Å²) < 4.78 is 5.41. The van der Waals surface area contributed by atoms with Crippen LogP contribution in [0.2, 0.25) is 5.02 Å². The molecule has 0 aliphatic rings. The Balaban J connectivity index is 2.03. The summed E-state index contributed by atoms with van der Waals surface area (Å²) in [6, 6.07) is 13.6. The number of rotatable bonds is 5. The third kappa shape index (κ3) is 3.99. The van der Waals surface area contributed by atoms with Crippen LogP contribution in [0.1, 0.15) is 0 Å². The molecule has 0 fully saturated rings. The largest absolute Gasteiger partial charge is 0.504 e.